The molecule has 2 aromatic rings. The molecular formula is C14H13BrF2N2. The van der Waals surface area contributed by atoms with E-state index in [1.807, 2.05) is 0 Å². The summed E-state index contributed by atoms with van der Waals surface area (Å²) in [5, 5.41) is 0. The number of benzene rings is 2. The van der Waals surface area contributed by atoms with Crippen molar-refractivity contribution in [2.45, 2.75) is 13.0 Å². The second kappa shape index (κ2) is 5.77. The summed E-state index contributed by atoms with van der Waals surface area (Å²) in [7, 11) is 0. The van der Waals surface area contributed by atoms with Crippen LogP contribution in [0.4, 0.5) is 8.78 Å². The van der Waals surface area contributed by atoms with Gasteiger partial charge in [-0.05, 0) is 47.9 Å². The number of nitrogens with one attached hydrogen (secondary N) is 1. The summed E-state index contributed by atoms with van der Waals surface area (Å²) in [6.45, 7) is 1.67. The Hall–Kier alpha value is -1.30. The smallest absolute Gasteiger partial charge is 0.126 e. The maximum atomic E-state index is 13.4. The summed E-state index contributed by atoms with van der Waals surface area (Å²) >= 11 is 3.24. The number of hydrazine groups is 1. The number of hydrogen-bond donors (Lipinski definition) is 2. The van der Waals surface area contributed by atoms with E-state index in [9.17, 15) is 8.78 Å². The monoisotopic (exact) mass is 326 g/mol. The van der Waals surface area contributed by atoms with Crippen LogP contribution < -0.4 is 11.3 Å². The van der Waals surface area contributed by atoms with Crippen molar-refractivity contribution >= 4 is 15.9 Å². The first-order chi connectivity index (χ1) is 9.01. The van der Waals surface area contributed by atoms with Crippen LogP contribution in [-0.4, -0.2) is 0 Å². The molecule has 3 N–H and O–H groups in total. The molecule has 0 amide bonds. The van der Waals surface area contributed by atoms with E-state index in [4.69, 9.17) is 5.84 Å². The van der Waals surface area contributed by atoms with Crippen LogP contribution in [0.5, 0.6) is 0 Å². The van der Waals surface area contributed by atoms with E-state index in [-0.39, 0.29) is 11.6 Å². The lowest BCUT2D eigenvalue weighted by Gasteiger charge is -2.18. The van der Waals surface area contributed by atoms with Gasteiger partial charge in [0.2, 0.25) is 0 Å². The number of nitrogens with two attached hydrogens (primary N) is 1. The Balaban J connectivity index is 2.46. The average molecular weight is 327 g/mol. The standard InChI is InChI=1S/C14H13BrF2N2/c1-8-4-9(2-3-13(8)17)14(19-18)10-5-11(15)7-12(16)6-10/h2-7,14,19H,18H2,1H3. The molecule has 0 aliphatic rings. The fourth-order valence-electron chi connectivity index (χ4n) is 1.97. The quantitative estimate of drug-likeness (QED) is 0.668. The molecule has 1 atom stereocenters. The number of rotatable bonds is 3. The minimum atomic E-state index is -0.397. The van der Waals surface area contributed by atoms with E-state index in [2.05, 4.69) is 21.4 Å². The normalized spacial score (nSPS) is 12.5. The molecule has 1 unspecified atom stereocenters. The van der Waals surface area contributed by atoms with E-state index in [1.54, 1.807) is 25.1 Å². The summed E-state index contributed by atoms with van der Waals surface area (Å²) in [6.07, 6.45) is 0. The van der Waals surface area contributed by atoms with Crippen LogP contribution in [0.1, 0.15) is 22.7 Å². The van der Waals surface area contributed by atoms with E-state index >= 15 is 0 Å². The Kier molecular flexibility index (Phi) is 4.29. The van der Waals surface area contributed by atoms with Gasteiger partial charge in [-0.2, -0.15) is 0 Å². The summed E-state index contributed by atoms with van der Waals surface area (Å²) in [4.78, 5) is 0. The van der Waals surface area contributed by atoms with Crippen LogP contribution in [0.2, 0.25) is 0 Å². The van der Waals surface area contributed by atoms with Gasteiger partial charge < -0.3 is 0 Å². The van der Waals surface area contributed by atoms with Gasteiger partial charge in [0.05, 0.1) is 6.04 Å². The molecule has 5 heteroatoms. The van der Waals surface area contributed by atoms with E-state index < -0.39 is 6.04 Å². The molecule has 100 valence electrons. The highest BCUT2D eigenvalue weighted by atomic mass is 79.9. The van der Waals surface area contributed by atoms with Gasteiger partial charge in [0, 0.05) is 4.47 Å². The zero-order valence-electron chi connectivity index (χ0n) is 10.3. The van der Waals surface area contributed by atoms with Gasteiger partial charge in [-0.15, -0.1) is 0 Å². The fourth-order valence-corrected chi connectivity index (χ4v) is 2.46. The number of halogens is 3. The Morgan fingerprint density at radius 3 is 2.42 bits per heavy atom. The molecule has 2 aromatic carbocycles. The summed E-state index contributed by atoms with van der Waals surface area (Å²) in [6, 6.07) is 8.84. The second-order valence-corrected chi connectivity index (χ2v) is 5.23. The molecule has 0 fully saturated rings. The highest BCUT2D eigenvalue weighted by Gasteiger charge is 2.15. The third-order valence-corrected chi connectivity index (χ3v) is 3.36. The largest absolute Gasteiger partial charge is 0.271 e. The third-order valence-electron chi connectivity index (χ3n) is 2.90. The van der Waals surface area contributed by atoms with Crippen molar-refractivity contribution in [2.75, 3.05) is 0 Å². The highest BCUT2D eigenvalue weighted by Crippen LogP contribution is 2.26. The molecule has 0 aliphatic carbocycles. The topological polar surface area (TPSA) is 38.0 Å². The van der Waals surface area contributed by atoms with Crippen molar-refractivity contribution in [1.82, 2.24) is 5.43 Å². The molecule has 0 heterocycles. The molecule has 2 nitrogen and oxygen atoms in total. The van der Waals surface area contributed by atoms with Gasteiger partial charge in [-0.1, -0.05) is 28.1 Å². The lowest BCUT2D eigenvalue weighted by molar-refractivity contribution is 0.597. The number of aryl methyl sites for hydroxylation is 1. The average Bonchev–Trinajstić information content (AvgIpc) is 2.33. The molecule has 0 bridgehead atoms. The molecule has 0 radical (unpaired) electrons. The van der Waals surface area contributed by atoms with Crippen molar-refractivity contribution in [3.8, 4) is 0 Å². The first-order valence-corrected chi connectivity index (χ1v) is 6.48. The SMILES string of the molecule is Cc1cc(C(NN)c2cc(F)cc(Br)c2)ccc1F. The molecule has 0 aromatic heterocycles. The fraction of sp³-hybridized carbons (Fsp3) is 0.143. The Bertz CT molecular complexity index is 582. The maximum absolute atomic E-state index is 13.4. The van der Waals surface area contributed by atoms with E-state index in [1.165, 1.54) is 18.2 Å². The van der Waals surface area contributed by atoms with Crippen molar-refractivity contribution in [3.63, 3.8) is 0 Å². The van der Waals surface area contributed by atoms with Crippen LogP contribution in [0, 0.1) is 18.6 Å². The van der Waals surface area contributed by atoms with Crippen molar-refractivity contribution in [3.05, 3.63) is 69.2 Å². The summed E-state index contributed by atoms with van der Waals surface area (Å²) in [5.74, 6) is 4.91. The predicted octanol–water partition coefficient (Wildman–Crippen LogP) is 3.59. The first-order valence-electron chi connectivity index (χ1n) is 5.69. The molecule has 2 rings (SSSR count). The lowest BCUT2D eigenvalue weighted by atomic mass is 9.97. The van der Waals surface area contributed by atoms with Crippen molar-refractivity contribution in [2.24, 2.45) is 5.84 Å². The van der Waals surface area contributed by atoms with E-state index in [0.717, 1.165) is 5.56 Å². The zero-order valence-corrected chi connectivity index (χ0v) is 11.8. The van der Waals surface area contributed by atoms with Crippen LogP contribution in [-0.2, 0) is 0 Å². The lowest BCUT2D eigenvalue weighted by Crippen LogP contribution is -2.29. The Labute approximate surface area is 118 Å². The van der Waals surface area contributed by atoms with Crippen LogP contribution in [0.25, 0.3) is 0 Å². The molecule has 19 heavy (non-hydrogen) atoms. The van der Waals surface area contributed by atoms with Crippen LogP contribution in [0.3, 0.4) is 0 Å². The Morgan fingerprint density at radius 1 is 1.11 bits per heavy atom. The zero-order chi connectivity index (χ0) is 14.0. The minimum absolute atomic E-state index is 0.278. The second-order valence-electron chi connectivity index (χ2n) is 4.31. The van der Waals surface area contributed by atoms with Gasteiger partial charge >= 0.3 is 0 Å². The molecule has 0 saturated carbocycles. The van der Waals surface area contributed by atoms with Gasteiger partial charge in [0.1, 0.15) is 11.6 Å². The summed E-state index contributed by atoms with van der Waals surface area (Å²) < 4.78 is 27.3. The van der Waals surface area contributed by atoms with Crippen molar-refractivity contribution < 1.29 is 8.78 Å². The summed E-state index contributed by atoms with van der Waals surface area (Å²) in [5.41, 5.74) is 4.59. The maximum Gasteiger partial charge on any atom is 0.126 e. The first kappa shape index (κ1) is 14.1. The highest BCUT2D eigenvalue weighted by molar-refractivity contribution is 9.10. The number of hydrogen-bond acceptors (Lipinski definition) is 2. The third kappa shape index (κ3) is 3.18. The molecule has 0 saturated heterocycles. The molecule has 0 spiro atoms. The van der Waals surface area contributed by atoms with E-state index in [0.29, 0.717) is 15.6 Å². The molecular weight excluding hydrogens is 314 g/mol. The Morgan fingerprint density at radius 2 is 1.84 bits per heavy atom. The van der Waals surface area contributed by atoms with Gasteiger partial charge in [0.15, 0.2) is 0 Å². The molecule has 0 aliphatic heterocycles. The van der Waals surface area contributed by atoms with Crippen molar-refractivity contribution in [1.29, 1.82) is 0 Å². The predicted molar refractivity (Wildman–Crippen MR) is 74.4 cm³/mol. The van der Waals surface area contributed by atoms with Gasteiger partial charge in [0.25, 0.3) is 0 Å². The van der Waals surface area contributed by atoms with Crippen LogP contribution >= 0.6 is 15.9 Å². The van der Waals surface area contributed by atoms with Gasteiger partial charge in [-0.25, -0.2) is 14.2 Å². The van der Waals surface area contributed by atoms with Gasteiger partial charge in [-0.3, -0.25) is 5.84 Å². The minimum Gasteiger partial charge on any atom is -0.271 e. The van der Waals surface area contributed by atoms with Crippen LogP contribution in [0.15, 0.2) is 40.9 Å².